The van der Waals surface area contributed by atoms with Gasteiger partial charge >= 0.3 is 18.0 Å². The summed E-state index contributed by atoms with van der Waals surface area (Å²) in [5.74, 6) is 0. The fourth-order valence-electron chi connectivity index (χ4n) is 1.29. The average molecular weight is 258 g/mol. The number of hydrogen-bond donors (Lipinski definition) is 1. The molecule has 1 rings (SSSR count). The minimum atomic E-state index is -5.93. The van der Waals surface area contributed by atoms with Crippen LogP contribution < -0.4 is 0 Å². The Bertz CT molecular complexity index is 375. The standard InChI is InChI=1S/C10H8F6O/c1-6-2-4-7(5-3-6)8(11,9(12,13)14)10(15,16)17/h2-5,17H,1H3. The van der Waals surface area contributed by atoms with E-state index in [1.807, 2.05) is 0 Å². The van der Waals surface area contributed by atoms with E-state index in [9.17, 15) is 26.3 Å². The highest BCUT2D eigenvalue weighted by Crippen LogP contribution is 2.51. The third-order valence-corrected chi connectivity index (χ3v) is 2.25. The van der Waals surface area contributed by atoms with Crippen LogP contribution in [0.4, 0.5) is 26.3 Å². The van der Waals surface area contributed by atoms with Gasteiger partial charge in [-0.3, -0.25) is 0 Å². The Labute approximate surface area is 92.7 Å². The molecule has 0 aliphatic heterocycles. The lowest BCUT2D eigenvalue weighted by molar-refractivity contribution is -0.375. The Hall–Kier alpha value is -1.24. The first-order chi connectivity index (χ1) is 7.50. The molecule has 1 aromatic rings. The normalized spacial score (nSPS) is 16.7. The number of alkyl halides is 6. The highest BCUT2D eigenvalue weighted by molar-refractivity contribution is 5.29. The second-order valence-electron chi connectivity index (χ2n) is 3.56. The molecule has 1 aromatic carbocycles. The van der Waals surface area contributed by atoms with Crippen LogP contribution in [0.1, 0.15) is 11.1 Å². The predicted octanol–water partition coefficient (Wildman–Crippen LogP) is 3.31. The van der Waals surface area contributed by atoms with E-state index in [-0.39, 0.29) is 0 Å². The Balaban J connectivity index is 3.41. The Kier molecular flexibility index (Phi) is 3.17. The van der Waals surface area contributed by atoms with Crippen molar-refractivity contribution in [1.29, 1.82) is 0 Å². The van der Waals surface area contributed by atoms with E-state index >= 15 is 0 Å². The van der Waals surface area contributed by atoms with Gasteiger partial charge in [-0.25, -0.2) is 4.39 Å². The molecule has 0 heterocycles. The smallest absolute Gasteiger partial charge is 0.333 e. The molecule has 0 aromatic heterocycles. The molecule has 0 aliphatic rings. The van der Waals surface area contributed by atoms with Crippen LogP contribution >= 0.6 is 0 Å². The van der Waals surface area contributed by atoms with Crippen LogP contribution in [0.15, 0.2) is 24.3 Å². The SMILES string of the molecule is Cc1ccc(C(F)(C(O)(F)F)C(F)(F)F)cc1. The van der Waals surface area contributed by atoms with Gasteiger partial charge in [0.1, 0.15) is 0 Å². The topological polar surface area (TPSA) is 20.2 Å². The number of aliphatic hydroxyl groups is 1. The fourth-order valence-corrected chi connectivity index (χ4v) is 1.29. The molecule has 0 saturated heterocycles. The molecule has 1 atom stereocenters. The molecular formula is C10H8F6O. The molecule has 1 nitrogen and oxygen atoms in total. The Morgan fingerprint density at radius 2 is 1.29 bits per heavy atom. The zero-order chi connectivity index (χ0) is 13.5. The van der Waals surface area contributed by atoms with E-state index in [0.717, 1.165) is 12.1 Å². The average Bonchev–Trinajstić information content (AvgIpc) is 2.14. The summed E-state index contributed by atoms with van der Waals surface area (Å²) in [4.78, 5) is 0. The molecule has 1 N–H and O–H groups in total. The minimum absolute atomic E-state index is 0.472. The quantitative estimate of drug-likeness (QED) is 0.807. The summed E-state index contributed by atoms with van der Waals surface area (Å²) in [6, 6.07) is 3.21. The lowest BCUT2D eigenvalue weighted by atomic mass is 9.93. The number of rotatable bonds is 2. The molecule has 7 heteroatoms. The minimum Gasteiger partial charge on any atom is -0.333 e. The van der Waals surface area contributed by atoms with Gasteiger partial charge in [0.05, 0.1) is 0 Å². The van der Waals surface area contributed by atoms with Crippen LogP contribution in [0.3, 0.4) is 0 Å². The van der Waals surface area contributed by atoms with Crippen molar-refractivity contribution in [1.82, 2.24) is 0 Å². The van der Waals surface area contributed by atoms with Crippen LogP contribution in [0.25, 0.3) is 0 Å². The van der Waals surface area contributed by atoms with Gasteiger partial charge in [0.15, 0.2) is 0 Å². The maximum Gasteiger partial charge on any atom is 0.435 e. The highest BCUT2D eigenvalue weighted by Gasteiger charge is 2.72. The number of benzene rings is 1. The molecule has 0 amide bonds. The molecule has 0 aliphatic carbocycles. The van der Waals surface area contributed by atoms with Crippen LogP contribution in [0, 0.1) is 6.92 Å². The van der Waals surface area contributed by atoms with Gasteiger partial charge in [-0.15, -0.1) is 0 Å². The van der Waals surface area contributed by atoms with Crippen molar-refractivity contribution in [3.8, 4) is 0 Å². The van der Waals surface area contributed by atoms with Crippen LogP contribution in [0.2, 0.25) is 0 Å². The Morgan fingerprint density at radius 3 is 1.59 bits per heavy atom. The molecule has 0 bridgehead atoms. The summed E-state index contributed by atoms with van der Waals surface area (Å²) in [7, 11) is 0. The van der Waals surface area contributed by atoms with Crippen molar-refractivity contribution in [2.75, 3.05) is 0 Å². The van der Waals surface area contributed by atoms with E-state index in [4.69, 9.17) is 5.11 Å². The first kappa shape index (κ1) is 13.8. The van der Waals surface area contributed by atoms with E-state index in [2.05, 4.69) is 0 Å². The fraction of sp³-hybridized carbons (Fsp3) is 0.400. The maximum atomic E-state index is 13.5. The van der Waals surface area contributed by atoms with Gasteiger partial charge in [0.2, 0.25) is 0 Å². The van der Waals surface area contributed by atoms with Crippen molar-refractivity contribution in [3.05, 3.63) is 35.4 Å². The molecule has 0 saturated carbocycles. The first-order valence-corrected chi connectivity index (χ1v) is 4.43. The summed E-state index contributed by atoms with van der Waals surface area (Å²) in [6.07, 6.45) is -11.5. The summed E-state index contributed by atoms with van der Waals surface area (Å²) in [6.45, 7) is 1.49. The van der Waals surface area contributed by atoms with Crippen LogP contribution in [-0.2, 0) is 5.67 Å². The highest BCUT2D eigenvalue weighted by atomic mass is 19.4. The second-order valence-corrected chi connectivity index (χ2v) is 3.56. The van der Waals surface area contributed by atoms with E-state index in [0.29, 0.717) is 17.7 Å². The summed E-state index contributed by atoms with van der Waals surface area (Å²) >= 11 is 0. The Morgan fingerprint density at radius 1 is 0.882 bits per heavy atom. The molecular weight excluding hydrogens is 250 g/mol. The van der Waals surface area contributed by atoms with Gasteiger partial charge in [0, 0.05) is 5.56 Å². The van der Waals surface area contributed by atoms with Crippen molar-refractivity contribution >= 4 is 0 Å². The second kappa shape index (κ2) is 3.90. The van der Waals surface area contributed by atoms with Gasteiger partial charge < -0.3 is 5.11 Å². The zero-order valence-corrected chi connectivity index (χ0v) is 8.52. The van der Waals surface area contributed by atoms with Crippen LogP contribution in [0.5, 0.6) is 0 Å². The largest absolute Gasteiger partial charge is 0.435 e. The molecule has 0 fully saturated rings. The predicted molar refractivity (Wildman–Crippen MR) is 47.2 cm³/mol. The van der Waals surface area contributed by atoms with Crippen molar-refractivity contribution in [2.45, 2.75) is 24.9 Å². The molecule has 0 radical (unpaired) electrons. The van der Waals surface area contributed by atoms with E-state index in [1.54, 1.807) is 0 Å². The third-order valence-electron chi connectivity index (χ3n) is 2.25. The van der Waals surface area contributed by atoms with Crippen LogP contribution in [-0.4, -0.2) is 17.4 Å². The van der Waals surface area contributed by atoms with Crippen molar-refractivity contribution < 1.29 is 31.4 Å². The van der Waals surface area contributed by atoms with Gasteiger partial charge in [-0.1, -0.05) is 29.8 Å². The van der Waals surface area contributed by atoms with Gasteiger partial charge in [0.25, 0.3) is 0 Å². The number of aryl methyl sites for hydroxylation is 1. The van der Waals surface area contributed by atoms with Gasteiger partial charge in [-0.05, 0) is 6.92 Å². The summed E-state index contributed by atoms with van der Waals surface area (Å²) in [5, 5.41) is 8.17. The molecule has 17 heavy (non-hydrogen) atoms. The van der Waals surface area contributed by atoms with Crippen molar-refractivity contribution in [3.63, 3.8) is 0 Å². The van der Waals surface area contributed by atoms with Crippen molar-refractivity contribution in [2.24, 2.45) is 0 Å². The molecule has 96 valence electrons. The zero-order valence-electron chi connectivity index (χ0n) is 8.52. The lowest BCUT2D eigenvalue weighted by Gasteiger charge is -2.31. The molecule has 0 spiro atoms. The van der Waals surface area contributed by atoms with E-state index in [1.165, 1.54) is 6.92 Å². The van der Waals surface area contributed by atoms with E-state index < -0.39 is 23.5 Å². The maximum absolute atomic E-state index is 13.5. The summed E-state index contributed by atoms with van der Waals surface area (Å²) < 4.78 is 75.7. The first-order valence-electron chi connectivity index (χ1n) is 4.43. The third kappa shape index (κ3) is 2.24. The lowest BCUT2D eigenvalue weighted by Crippen LogP contribution is -2.52. The summed E-state index contributed by atoms with van der Waals surface area (Å²) in [5.41, 5.74) is -5.99. The monoisotopic (exact) mass is 258 g/mol. The number of halogens is 6. The number of hydrogen-bond acceptors (Lipinski definition) is 1. The molecule has 1 unspecified atom stereocenters. The van der Waals surface area contributed by atoms with Gasteiger partial charge in [-0.2, -0.15) is 22.0 Å².